The Bertz CT molecular complexity index is 376. The number of carbonyl (C=O) groups is 3. The number of aliphatic hydroxyl groups is 2. The Labute approximate surface area is 121 Å². The lowest BCUT2D eigenvalue weighted by Gasteiger charge is -2.22. The average Bonchev–Trinajstić information content (AvgIpc) is 2.42. The first-order valence-electron chi connectivity index (χ1n) is 6.32. The van der Waals surface area contributed by atoms with Crippen molar-refractivity contribution in [2.75, 3.05) is 13.2 Å². The minimum absolute atomic E-state index is 0.000353. The van der Waals surface area contributed by atoms with Crippen molar-refractivity contribution in [1.29, 1.82) is 0 Å². The molecule has 0 aliphatic rings. The average molecular weight is 306 g/mol. The van der Waals surface area contributed by atoms with Gasteiger partial charge in [0, 0.05) is 0 Å². The normalized spacial score (nSPS) is 16.4. The molecule has 0 aliphatic heterocycles. The molecule has 0 rings (SSSR count). The van der Waals surface area contributed by atoms with Gasteiger partial charge in [-0.25, -0.2) is 4.79 Å². The van der Waals surface area contributed by atoms with Gasteiger partial charge in [0.15, 0.2) is 0 Å². The number of rotatable bonds is 9. The van der Waals surface area contributed by atoms with Crippen molar-refractivity contribution in [2.45, 2.75) is 37.6 Å². The molecule has 0 saturated carbocycles. The van der Waals surface area contributed by atoms with Crippen molar-refractivity contribution in [2.24, 2.45) is 11.5 Å². The number of amides is 2. The highest BCUT2D eigenvalue weighted by Gasteiger charge is 2.28. The standard InChI is InChI=1S/C11H22N4O6/c1-5(17)8(13)10(19)15-7(4-16)9(18)14-6(2-3-12)11(20)21/h5-8,16-17H,2-4,12-13H2,1H3,(H,14,18)(H,15,19)(H,20,21)/t5-,6+,7+,8+/m1/s1. The van der Waals surface area contributed by atoms with E-state index in [0.717, 1.165) is 0 Å². The second kappa shape index (κ2) is 9.23. The summed E-state index contributed by atoms with van der Waals surface area (Å²) in [6.07, 6.45) is -1.14. The van der Waals surface area contributed by atoms with Crippen LogP contribution < -0.4 is 22.1 Å². The second-order valence-corrected chi connectivity index (χ2v) is 4.49. The molecule has 0 bridgehead atoms. The number of nitrogens with two attached hydrogens (primary N) is 2. The fourth-order valence-electron chi connectivity index (χ4n) is 1.38. The van der Waals surface area contributed by atoms with E-state index in [0.29, 0.717) is 0 Å². The molecule has 0 unspecified atom stereocenters. The van der Waals surface area contributed by atoms with Crippen molar-refractivity contribution in [1.82, 2.24) is 10.6 Å². The van der Waals surface area contributed by atoms with Crippen molar-refractivity contribution in [3.8, 4) is 0 Å². The summed E-state index contributed by atoms with van der Waals surface area (Å²) in [5.74, 6) is -3.01. The molecule has 4 atom stereocenters. The van der Waals surface area contributed by atoms with E-state index in [1.165, 1.54) is 6.92 Å². The van der Waals surface area contributed by atoms with Crippen LogP contribution in [0.1, 0.15) is 13.3 Å². The van der Waals surface area contributed by atoms with Gasteiger partial charge in [-0.1, -0.05) is 0 Å². The highest BCUT2D eigenvalue weighted by atomic mass is 16.4. The highest BCUT2D eigenvalue weighted by molar-refractivity contribution is 5.92. The van der Waals surface area contributed by atoms with E-state index in [-0.39, 0.29) is 13.0 Å². The second-order valence-electron chi connectivity index (χ2n) is 4.49. The summed E-state index contributed by atoms with van der Waals surface area (Å²) in [6, 6.07) is -3.87. The number of hydrogen-bond acceptors (Lipinski definition) is 7. The molecule has 0 saturated heterocycles. The fraction of sp³-hybridized carbons (Fsp3) is 0.727. The lowest BCUT2D eigenvalue weighted by Crippen LogP contribution is -2.57. The molecule has 0 aromatic heterocycles. The summed E-state index contributed by atoms with van der Waals surface area (Å²) < 4.78 is 0. The lowest BCUT2D eigenvalue weighted by molar-refractivity contribution is -0.142. The molecule has 0 radical (unpaired) electrons. The van der Waals surface area contributed by atoms with E-state index in [1.54, 1.807) is 0 Å². The number of nitrogens with one attached hydrogen (secondary N) is 2. The first-order chi connectivity index (χ1) is 9.74. The van der Waals surface area contributed by atoms with Gasteiger partial charge >= 0.3 is 5.97 Å². The van der Waals surface area contributed by atoms with Crippen LogP contribution in [0, 0.1) is 0 Å². The van der Waals surface area contributed by atoms with Gasteiger partial charge in [0.1, 0.15) is 18.1 Å². The zero-order valence-electron chi connectivity index (χ0n) is 11.7. The Kier molecular flexibility index (Phi) is 8.47. The SMILES string of the molecule is C[C@@H](O)[C@H](N)C(=O)N[C@@H](CO)C(=O)N[C@@H](CCN)C(=O)O. The topological polar surface area (TPSA) is 188 Å². The molecule has 0 spiro atoms. The summed E-state index contributed by atoms with van der Waals surface area (Å²) >= 11 is 0. The molecular weight excluding hydrogens is 284 g/mol. The summed E-state index contributed by atoms with van der Waals surface area (Å²) in [5, 5.41) is 31.4. The maximum Gasteiger partial charge on any atom is 0.326 e. The minimum atomic E-state index is -1.37. The molecule has 0 aromatic carbocycles. The third kappa shape index (κ3) is 6.49. The van der Waals surface area contributed by atoms with Crippen LogP contribution in [0.4, 0.5) is 0 Å². The lowest BCUT2D eigenvalue weighted by atomic mass is 10.1. The summed E-state index contributed by atoms with van der Waals surface area (Å²) in [5.41, 5.74) is 10.6. The van der Waals surface area contributed by atoms with E-state index in [4.69, 9.17) is 26.8 Å². The van der Waals surface area contributed by atoms with Gasteiger partial charge in [-0.15, -0.1) is 0 Å². The van der Waals surface area contributed by atoms with Gasteiger partial charge in [0.05, 0.1) is 12.7 Å². The van der Waals surface area contributed by atoms with E-state index < -0.39 is 48.6 Å². The minimum Gasteiger partial charge on any atom is -0.480 e. The van der Waals surface area contributed by atoms with Crippen LogP contribution in [0.25, 0.3) is 0 Å². The third-order valence-corrected chi connectivity index (χ3v) is 2.71. The molecule has 0 fully saturated rings. The Morgan fingerprint density at radius 1 is 1.14 bits per heavy atom. The molecule has 21 heavy (non-hydrogen) atoms. The van der Waals surface area contributed by atoms with Gasteiger partial charge in [0.25, 0.3) is 0 Å². The van der Waals surface area contributed by atoms with Crippen molar-refractivity contribution in [3.05, 3.63) is 0 Å². The third-order valence-electron chi connectivity index (χ3n) is 2.71. The molecule has 10 nitrogen and oxygen atoms in total. The number of aliphatic carboxylic acids is 1. The number of carboxylic acid groups (broad SMARTS) is 1. The van der Waals surface area contributed by atoms with Gasteiger partial charge in [-0.2, -0.15) is 0 Å². The quantitative estimate of drug-likeness (QED) is 0.225. The Morgan fingerprint density at radius 3 is 2.05 bits per heavy atom. The number of aliphatic hydroxyl groups excluding tert-OH is 2. The zero-order chi connectivity index (χ0) is 16.6. The number of hydrogen-bond donors (Lipinski definition) is 7. The van der Waals surface area contributed by atoms with Crippen molar-refractivity contribution < 1.29 is 29.7 Å². The molecule has 10 heteroatoms. The van der Waals surface area contributed by atoms with Crippen LogP contribution in [0.5, 0.6) is 0 Å². The molecule has 0 heterocycles. The Hall–Kier alpha value is -1.75. The molecule has 9 N–H and O–H groups in total. The van der Waals surface area contributed by atoms with Crippen LogP contribution in [0.3, 0.4) is 0 Å². The largest absolute Gasteiger partial charge is 0.480 e. The maximum atomic E-state index is 11.8. The Balaban J connectivity index is 4.68. The van der Waals surface area contributed by atoms with Crippen LogP contribution in [0.2, 0.25) is 0 Å². The van der Waals surface area contributed by atoms with Gasteiger partial charge in [-0.05, 0) is 19.9 Å². The van der Waals surface area contributed by atoms with E-state index in [9.17, 15) is 14.4 Å². The molecule has 0 aliphatic carbocycles. The van der Waals surface area contributed by atoms with Crippen LogP contribution in [-0.4, -0.2) is 70.5 Å². The van der Waals surface area contributed by atoms with Crippen LogP contribution >= 0.6 is 0 Å². The zero-order valence-corrected chi connectivity index (χ0v) is 11.7. The summed E-state index contributed by atoms with van der Waals surface area (Å²) in [7, 11) is 0. The Morgan fingerprint density at radius 2 is 1.67 bits per heavy atom. The molecule has 122 valence electrons. The van der Waals surface area contributed by atoms with Gasteiger partial charge in [-0.3, -0.25) is 9.59 Å². The predicted molar refractivity (Wildman–Crippen MR) is 71.9 cm³/mol. The van der Waals surface area contributed by atoms with Crippen LogP contribution in [-0.2, 0) is 14.4 Å². The molecule has 2 amide bonds. The maximum absolute atomic E-state index is 11.8. The first-order valence-corrected chi connectivity index (χ1v) is 6.32. The summed E-state index contributed by atoms with van der Waals surface area (Å²) in [6.45, 7) is 0.583. The number of carbonyl (C=O) groups excluding carboxylic acids is 2. The molecular formula is C11H22N4O6. The van der Waals surface area contributed by atoms with E-state index >= 15 is 0 Å². The first kappa shape index (κ1) is 19.2. The summed E-state index contributed by atoms with van der Waals surface area (Å²) in [4.78, 5) is 34.3. The number of carboxylic acids is 1. The van der Waals surface area contributed by atoms with E-state index in [2.05, 4.69) is 10.6 Å². The van der Waals surface area contributed by atoms with Crippen molar-refractivity contribution in [3.63, 3.8) is 0 Å². The smallest absolute Gasteiger partial charge is 0.326 e. The van der Waals surface area contributed by atoms with Crippen molar-refractivity contribution >= 4 is 17.8 Å². The van der Waals surface area contributed by atoms with Crippen LogP contribution in [0.15, 0.2) is 0 Å². The fourth-order valence-corrected chi connectivity index (χ4v) is 1.38. The predicted octanol–water partition coefficient (Wildman–Crippen LogP) is -3.91. The van der Waals surface area contributed by atoms with Gasteiger partial charge < -0.3 is 37.4 Å². The highest BCUT2D eigenvalue weighted by Crippen LogP contribution is 1.95. The molecule has 0 aromatic rings. The monoisotopic (exact) mass is 306 g/mol. The van der Waals surface area contributed by atoms with Gasteiger partial charge in [0.2, 0.25) is 11.8 Å². The van der Waals surface area contributed by atoms with E-state index in [1.807, 2.05) is 0 Å².